The molecule has 0 fully saturated rings. The smallest absolute Gasteiger partial charge is 0.244 e. The molecular formula is C22H30ClN3O7S2. The number of hydrogen-bond donors (Lipinski definition) is 1. The predicted molar refractivity (Wildman–Crippen MR) is 135 cm³/mol. The summed E-state index contributed by atoms with van der Waals surface area (Å²) < 4.78 is 62.2. The topological polar surface area (TPSA) is 122 Å². The van der Waals surface area contributed by atoms with E-state index in [-0.39, 0.29) is 35.2 Å². The Labute approximate surface area is 211 Å². The van der Waals surface area contributed by atoms with E-state index in [2.05, 4.69) is 5.32 Å². The number of carbonyl (C=O) groups excluding carboxylic acids is 1. The molecule has 194 valence electrons. The minimum atomic E-state index is -3.82. The molecule has 0 saturated heterocycles. The molecule has 1 atom stereocenters. The second kappa shape index (κ2) is 11.9. The van der Waals surface area contributed by atoms with Crippen molar-refractivity contribution in [3.8, 4) is 11.5 Å². The van der Waals surface area contributed by atoms with Crippen LogP contribution in [0.15, 0.2) is 47.4 Å². The fourth-order valence-corrected chi connectivity index (χ4v) is 5.59. The van der Waals surface area contributed by atoms with Gasteiger partial charge in [0.15, 0.2) is 0 Å². The molecule has 0 spiro atoms. The average Bonchev–Trinajstić information content (AvgIpc) is 2.79. The molecule has 0 unspecified atom stereocenters. The maximum Gasteiger partial charge on any atom is 0.244 e. The van der Waals surface area contributed by atoms with Gasteiger partial charge in [-0.05, 0) is 48.9 Å². The Hall–Kier alpha value is -2.54. The van der Waals surface area contributed by atoms with Gasteiger partial charge >= 0.3 is 0 Å². The van der Waals surface area contributed by atoms with Crippen LogP contribution in [0.4, 0.5) is 5.69 Å². The number of hydrogen-bond acceptors (Lipinski definition) is 7. The fourth-order valence-electron chi connectivity index (χ4n) is 3.23. The zero-order chi connectivity index (χ0) is 26.4. The number of methoxy groups -OCH3 is 1. The maximum absolute atomic E-state index is 12.9. The molecular weight excluding hydrogens is 518 g/mol. The summed E-state index contributed by atoms with van der Waals surface area (Å²) in [6, 6.07) is 9.37. The highest BCUT2D eigenvalue weighted by molar-refractivity contribution is 7.92. The molecule has 1 N–H and O–H groups in total. The number of amides is 1. The lowest BCUT2D eigenvalue weighted by molar-refractivity contribution is -0.122. The van der Waals surface area contributed by atoms with E-state index >= 15 is 0 Å². The molecule has 0 bridgehead atoms. The molecule has 0 aromatic heterocycles. The molecule has 0 radical (unpaired) electrons. The third-order valence-electron chi connectivity index (χ3n) is 4.99. The number of halogens is 1. The minimum Gasteiger partial charge on any atom is -0.495 e. The number of nitrogens with one attached hydrogen (secondary N) is 1. The van der Waals surface area contributed by atoms with E-state index < -0.39 is 32.0 Å². The van der Waals surface area contributed by atoms with Crippen LogP contribution in [0.2, 0.25) is 5.02 Å². The summed E-state index contributed by atoms with van der Waals surface area (Å²) in [5, 5.41) is 2.90. The van der Waals surface area contributed by atoms with Crippen molar-refractivity contribution < 1.29 is 31.1 Å². The van der Waals surface area contributed by atoms with Gasteiger partial charge in [-0.3, -0.25) is 9.10 Å². The van der Waals surface area contributed by atoms with Crippen molar-refractivity contribution >= 4 is 43.2 Å². The van der Waals surface area contributed by atoms with Gasteiger partial charge in [-0.1, -0.05) is 18.5 Å². The van der Waals surface area contributed by atoms with Gasteiger partial charge in [0.05, 0.1) is 35.5 Å². The monoisotopic (exact) mass is 547 g/mol. The van der Waals surface area contributed by atoms with Gasteiger partial charge in [-0.2, -0.15) is 0 Å². The van der Waals surface area contributed by atoms with Crippen LogP contribution in [0.5, 0.6) is 11.5 Å². The lowest BCUT2D eigenvalue weighted by atomic mass is 10.2. The number of sulfonamides is 2. The van der Waals surface area contributed by atoms with E-state index in [0.717, 1.165) is 14.9 Å². The van der Waals surface area contributed by atoms with E-state index in [4.69, 9.17) is 21.1 Å². The summed E-state index contributed by atoms with van der Waals surface area (Å²) >= 11 is 6.16. The van der Waals surface area contributed by atoms with Crippen molar-refractivity contribution in [1.29, 1.82) is 0 Å². The van der Waals surface area contributed by atoms with Crippen LogP contribution in [0, 0.1) is 0 Å². The van der Waals surface area contributed by atoms with Gasteiger partial charge in [-0.25, -0.2) is 21.1 Å². The number of ether oxygens (including phenoxy) is 2. The molecule has 0 heterocycles. The van der Waals surface area contributed by atoms with E-state index in [1.165, 1.54) is 63.7 Å². The van der Waals surface area contributed by atoms with Gasteiger partial charge in [0.25, 0.3) is 0 Å². The van der Waals surface area contributed by atoms with Crippen LogP contribution >= 0.6 is 11.6 Å². The highest BCUT2D eigenvalue weighted by Gasteiger charge is 2.31. The summed E-state index contributed by atoms with van der Waals surface area (Å²) in [7, 11) is -3.02. The first-order chi connectivity index (χ1) is 16.3. The molecule has 10 nitrogen and oxygen atoms in total. The SMILES string of the molecule is CC[C@H](C(=O)NCCOc1ccc(S(=O)(=O)N(C)C)cc1)N(c1ccc(OC)c(Cl)c1)S(C)(=O)=O. The minimum absolute atomic E-state index is 0.0925. The van der Waals surface area contributed by atoms with Gasteiger partial charge < -0.3 is 14.8 Å². The highest BCUT2D eigenvalue weighted by Crippen LogP contribution is 2.31. The fraction of sp³-hybridized carbons (Fsp3) is 0.409. The van der Waals surface area contributed by atoms with Crippen LogP contribution in [-0.2, 0) is 24.8 Å². The summed E-state index contributed by atoms with van der Waals surface area (Å²) in [5.41, 5.74) is 0.240. The van der Waals surface area contributed by atoms with Crippen molar-refractivity contribution in [2.45, 2.75) is 24.3 Å². The van der Waals surface area contributed by atoms with E-state index in [0.29, 0.717) is 11.5 Å². The molecule has 0 aliphatic carbocycles. The Morgan fingerprint density at radius 2 is 1.71 bits per heavy atom. The Morgan fingerprint density at radius 1 is 1.09 bits per heavy atom. The second-order valence-electron chi connectivity index (χ2n) is 7.70. The summed E-state index contributed by atoms with van der Waals surface area (Å²) in [6.45, 7) is 1.90. The third kappa shape index (κ3) is 7.23. The van der Waals surface area contributed by atoms with Gasteiger partial charge in [-0.15, -0.1) is 0 Å². The van der Waals surface area contributed by atoms with Crippen LogP contribution in [0.25, 0.3) is 0 Å². The highest BCUT2D eigenvalue weighted by atomic mass is 35.5. The zero-order valence-corrected chi connectivity index (χ0v) is 22.6. The summed E-state index contributed by atoms with van der Waals surface area (Å²) in [5.74, 6) is 0.307. The molecule has 2 rings (SSSR count). The first-order valence-corrected chi connectivity index (χ1v) is 14.3. The van der Waals surface area contributed by atoms with Crippen molar-refractivity contribution in [1.82, 2.24) is 9.62 Å². The largest absolute Gasteiger partial charge is 0.495 e. The number of rotatable bonds is 12. The molecule has 2 aromatic rings. The van der Waals surface area contributed by atoms with Crippen LogP contribution < -0.4 is 19.1 Å². The molecule has 0 aliphatic rings. The zero-order valence-electron chi connectivity index (χ0n) is 20.2. The van der Waals surface area contributed by atoms with Crippen LogP contribution in [0.1, 0.15) is 13.3 Å². The number of benzene rings is 2. The van der Waals surface area contributed by atoms with Crippen molar-refractivity contribution in [3.05, 3.63) is 47.5 Å². The first kappa shape index (κ1) is 28.7. The molecule has 35 heavy (non-hydrogen) atoms. The van der Waals surface area contributed by atoms with Gasteiger partial charge in [0.1, 0.15) is 24.1 Å². The second-order valence-corrected chi connectivity index (χ2v) is 12.1. The Kier molecular flexibility index (Phi) is 9.78. The van der Waals surface area contributed by atoms with Crippen LogP contribution in [0.3, 0.4) is 0 Å². The molecule has 0 aliphatic heterocycles. The van der Waals surface area contributed by atoms with Crippen LogP contribution in [-0.4, -0.2) is 73.7 Å². The summed E-state index contributed by atoms with van der Waals surface area (Å²) in [6.07, 6.45) is 1.23. The Morgan fingerprint density at radius 3 is 2.20 bits per heavy atom. The Bertz CT molecular complexity index is 1230. The van der Waals surface area contributed by atoms with Gasteiger partial charge in [0, 0.05) is 14.1 Å². The Balaban J connectivity index is 2.05. The van der Waals surface area contributed by atoms with Crippen molar-refractivity contribution in [2.24, 2.45) is 0 Å². The lowest BCUT2D eigenvalue weighted by Crippen LogP contribution is -2.50. The number of nitrogens with zero attached hydrogens (tertiary/aromatic N) is 2. The van der Waals surface area contributed by atoms with Gasteiger partial charge in [0.2, 0.25) is 26.0 Å². The number of carbonyl (C=O) groups is 1. The summed E-state index contributed by atoms with van der Waals surface area (Å²) in [4.78, 5) is 13.0. The molecule has 13 heteroatoms. The van der Waals surface area contributed by atoms with Crippen molar-refractivity contribution in [3.63, 3.8) is 0 Å². The molecule has 1 amide bonds. The van der Waals surface area contributed by atoms with E-state index in [1.54, 1.807) is 6.92 Å². The maximum atomic E-state index is 12.9. The lowest BCUT2D eigenvalue weighted by Gasteiger charge is -2.30. The number of anilines is 1. The van der Waals surface area contributed by atoms with Crippen molar-refractivity contribution in [2.75, 3.05) is 44.9 Å². The predicted octanol–water partition coefficient (Wildman–Crippen LogP) is 2.34. The first-order valence-electron chi connectivity index (χ1n) is 10.6. The standard InChI is InChI=1S/C22H30ClN3O7S2/c1-6-20(26(34(5,28)29)16-7-12-21(32-4)19(23)15-16)22(27)24-13-14-33-17-8-10-18(11-9-17)35(30,31)25(2)3/h7-12,15,20H,6,13-14H2,1-5H3,(H,24,27)/t20-/m1/s1. The van der Waals surface area contributed by atoms with E-state index in [9.17, 15) is 21.6 Å². The molecule has 0 saturated carbocycles. The third-order valence-corrected chi connectivity index (χ3v) is 8.30. The average molecular weight is 548 g/mol. The normalized spacial score (nSPS) is 12.8. The van der Waals surface area contributed by atoms with E-state index in [1.807, 2.05) is 0 Å². The molecule has 2 aromatic carbocycles. The quantitative estimate of drug-likeness (QED) is 0.405.